The Morgan fingerprint density at radius 1 is 1.00 bits per heavy atom. The number of aliphatic hydroxyl groups is 1. The molecule has 94 valence electrons. The monoisotopic (exact) mass is 242 g/mol. The third kappa shape index (κ3) is 3.39. The molecule has 1 atom stereocenters. The summed E-state index contributed by atoms with van der Waals surface area (Å²) in [6, 6.07) is 14.5. The van der Waals surface area contributed by atoms with Gasteiger partial charge in [-0.1, -0.05) is 30.3 Å². The van der Waals surface area contributed by atoms with E-state index in [4.69, 9.17) is 5.11 Å². The number of nitrogens with one attached hydrogen (secondary N) is 1. The Kier molecular flexibility index (Phi) is 4.88. The summed E-state index contributed by atoms with van der Waals surface area (Å²) in [5.41, 5.74) is 2.41. The van der Waals surface area contributed by atoms with Crippen molar-refractivity contribution in [2.24, 2.45) is 0 Å². The average molecular weight is 242 g/mol. The van der Waals surface area contributed by atoms with Crippen molar-refractivity contribution in [2.45, 2.75) is 12.5 Å². The molecule has 2 rings (SSSR count). The summed E-state index contributed by atoms with van der Waals surface area (Å²) in [5.74, 6) is 0. The molecule has 0 amide bonds. The molecule has 0 bridgehead atoms. The first-order valence-corrected chi connectivity index (χ1v) is 6.21. The zero-order valence-corrected chi connectivity index (χ0v) is 10.3. The molecule has 0 aliphatic rings. The van der Waals surface area contributed by atoms with Crippen LogP contribution in [0.5, 0.6) is 0 Å². The predicted octanol–water partition coefficient (Wildman–Crippen LogP) is 2.14. The van der Waals surface area contributed by atoms with Gasteiger partial charge in [0.1, 0.15) is 0 Å². The Hall–Kier alpha value is -1.71. The fourth-order valence-electron chi connectivity index (χ4n) is 1.95. The Morgan fingerprint density at radius 3 is 2.33 bits per heavy atom. The number of nitrogens with zero attached hydrogens (tertiary/aromatic N) is 1. The smallest absolute Gasteiger partial charge is 0.0577 e. The molecule has 0 aliphatic carbocycles. The van der Waals surface area contributed by atoms with Crippen LogP contribution in [0.1, 0.15) is 23.6 Å². The van der Waals surface area contributed by atoms with Gasteiger partial charge in [-0.15, -0.1) is 0 Å². The highest BCUT2D eigenvalue weighted by atomic mass is 16.3. The van der Waals surface area contributed by atoms with Crippen molar-refractivity contribution in [3.05, 3.63) is 66.0 Å². The van der Waals surface area contributed by atoms with Gasteiger partial charge in [0.25, 0.3) is 0 Å². The first kappa shape index (κ1) is 12.7. The van der Waals surface area contributed by atoms with Crippen LogP contribution in [0.3, 0.4) is 0 Å². The molecule has 0 saturated heterocycles. The van der Waals surface area contributed by atoms with E-state index >= 15 is 0 Å². The summed E-state index contributed by atoms with van der Waals surface area (Å²) in [7, 11) is 0. The van der Waals surface area contributed by atoms with Gasteiger partial charge in [0.2, 0.25) is 0 Å². The largest absolute Gasteiger partial charge is 0.396 e. The van der Waals surface area contributed by atoms with E-state index in [1.807, 2.05) is 30.3 Å². The molecule has 0 spiro atoms. The molecule has 1 heterocycles. The third-order valence-electron chi connectivity index (χ3n) is 2.86. The lowest BCUT2D eigenvalue weighted by Gasteiger charge is -2.19. The van der Waals surface area contributed by atoms with E-state index in [9.17, 15) is 0 Å². The molecule has 3 nitrogen and oxygen atoms in total. The predicted molar refractivity (Wildman–Crippen MR) is 72.2 cm³/mol. The van der Waals surface area contributed by atoms with Crippen molar-refractivity contribution in [3.63, 3.8) is 0 Å². The third-order valence-corrected chi connectivity index (χ3v) is 2.86. The lowest BCUT2D eigenvalue weighted by atomic mass is 9.99. The summed E-state index contributed by atoms with van der Waals surface area (Å²) < 4.78 is 0. The number of hydrogen-bond acceptors (Lipinski definition) is 3. The number of aromatic nitrogens is 1. The molecule has 0 radical (unpaired) electrons. The van der Waals surface area contributed by atoms with Crippen LogP contribution in [0.4, 0.5) is 0 Å². The van der Waals surface area contributed by atoms with E-state index in [-0.39, 0.29) is 12.6 Å². The highest BCUT2D eigenvalue weighted by molar-refractivity contribution is 5.30. The summed E-state index contributed by atoms with van der Waals surface area (Å²) in [6.07, 6.45) is 4.37. The van der Waals surface area contributed by atoms with Crippen LogP contribution >= 0.6 is 0 Å². The summed E-state index contributed by atoms with van der Waals surface area (Å²) in [5, 5.41) is 12.3. The van der Waals surface area contributed by atoms with Gasteiger partial charge in [0, 0.05) is 19.0 Å². The highest BCUT2D eigenvalue weighted by Gasteiger charge is 2.12. The molecule has 1 aromatic heterocycles. The number of benzene rings is 1. The lowest BCUT2D eigenvalue weighted by Crippen LogP contribution is -2.24. The van der Waals surface area contributed by atoms with E-state index < -0.39 is 0 Å². The van der Waals surface area contributed by atoms with Crippen LogP contribution in [0.25, 0.3) is 0 Å². The van der Waals surface area contributed by atoms with Crippen molar-refractivity contribution in [2.75, 3.05) is 13.2 Å². The normalized spacial score (nSPS) is 12.3. The van der Waals surface area contributed by atoms with Gasteiger partial charge in [-0.25, -0.2) is 0 Å². The Balaban J connectivity index is 2.18. The molecule has 1 unspecified atom stereocenters. The first-order valence-electron chi connectivity index (χ1n) is 6.21. The zero-order chi connectivity index (χ0) is 12.6. The minimum atomic E-state index is 0.153. The maximum absolute atomic E-state index is 8.87. The first-order chi connectivity index (χ1) is 8.92. The standard InChI is InChI=1S/C15H18N2O/c18-12-4-9-17-15(13-5-2-1-3-6-13)14-7-10-16-11-8-14/h1-3,5-8,10-11,15,17-18H,4,9,12H2. The molecular weight excluding hydrogens is 224 g/mol. The van der Waals surface area contributed by atoms with Crippen LogP contribution in [0.15, 0.2) is 54.9 Å². The van der Waals surface area contributed by atoms with Gasteiger partial charge in [-0.2, -0.15) is 0 Å². The van der Waals surface area contributed by atoms with Crippen LogP contribution in [-0.4, -0.2) is 23.2 Å². The molecule has 18 heavy (non-hydrogen) atoms. The van der Waals surface area contributed by atoms with Gasteiger partial charge in [0.15, 0.2) is 0 Å². The zero-order valence-electron chi connectivity index (χ0n) is 10.3. The summed E-state index contributed by atoms with van der Waals surface area (Å²) >= 11 is 0. The van der Waals surface area contributed by atoms with Crippen molar-refractivity contribution in [1.82, 2.24) is 10.3 Å². The maximum Gasteiger partial charge on any atom is 0.0577 e. The Morgan fingerprint density at radius 2 is 1.67 bits per heavy atom. The molecule has 2 N–H and O–H groups in total. The van der Waals surface area contributed by atoms with Gasteiger partial charge in [0.05, 0.1) is 6.04 Å². The van der Waals surface area contributed by atoms with Crippen molar-refractivity contribution in [3.8, 4) is 0 Å². The number of hydrogen-bond donors (Lipinski definition) is 2. The van der Waals surface area contributed by atoms with Gasteiger partial charge >= 0.3 is 0 Å². The number of pyridine rings is 1. The van der Waals surface area contributed by atoms with Crippen LogP contribution in [0.2, 0.25) is 0 Å². The fourth-order valence-corrected chi connectivity index (χ4v) is 1.95. The van der Waals surface area contributed by atoms with Crippen molar-refractivity contribution in [1.29, 1.82) is 0 Å². The van der Waals surface area contributed by atoms with Gasteiger partial charge in [-0.05, 0) is 36.2 Å². The van der Waals surface area contributed by atoms with Crippen molar-refractivity contribution < 1.29 is 5.11 Å². The minimum absolute atomic E-state index is 0.153. The average Bonchev–Trinajstić information content (AvgIpc) is 2.46. The molecule has 0 aliphatic heterocycles. The second-order valence-electron chi connectivity index (χ2n) is 4.16. The van der Waals surface area contributed by atoms with E-state index in [2.05, 4.69) is 22.4 Å². The second-order valence-corrected chi connectivity index (χ2v) is 4.16. The van der Waals surface area contributed by atoms with E-state index in [1.165, 1.54) is 11.1 Å². The van der Waals surface area contributed by atoms with E-state index in [1.54, 1.807) is 12.4 Å². The van der Waals surface area contributed by atoms with Gasteiger partial charge in [-0.3, -0.25) is 4.98 Å². The highest BCUT2D eigenvalue weighted by Crippen LogP contribution is 2.20. The SMILES string of the molecule is OCCCNC(c1ccccc1)c1ccncc1. The molecule has 3 heteroatoms. The maximum atomic E-state index is 8.87. The molecule has 0 fully saturated rings. The number of rotatable bonds is 6. The molecular formula is C15H18N2O. The quantitative estimate of drug-likeness (QED) is 0.763. The van der Waals surface area contributed by atoms with Gasteiger partial charge < -0.3 is 10.4 Å². The minimum Gasteiger partial charge on any atom is -0.396 e. The van der Waals surface area contributed by atoms with Crippen molar-refractivity contribution >= 4 is 0 Å². The fraction of sp³-hybridized carbons (Fsp3) is 0.267. The van der Waals surface area contributed by atoms with Crippen LogP contribution in [0, 0.1) is 0 Å². The Labute approximate surface area is 108 Å². The molecule has 0 saturated carbocycles. The van der Waals surface area contributed by atoms with E-state index in [0.717, 1.165) is 13.0 Å². The molecule has 1 aromatic carbocycles. The van der Waals surface area contributed by atoms with Crippen LogP contribution in [-0.2, 0) is 0 Å². The number of aliphatic hydroxyl groups excluding tert-OH is 1. The van der Waals surface area contributed by atoms with Crippen LogP contribution < -0.4 is 5.32 Å². The second kappa shape index (κ2) is 6.89. The Bertz CT molecular complexity index is 405. The van der Waals surface area contributed by atoms with E-state index in [0.29, 0.717) is 0 Å². The lowest BCUT2D eigenvalue weighted by molar-refractivity contribution is 0.284. The topological polar surface area (TPSA) is 45.1 Å². The summed E-state index contributed by atoms with van der Waals surface area (Å²) in [4.78, 5) is 4.05. The molecule has 2 aromatic rings. The summed E-state index contributed by atoms with van der Waals surface area (Å²) in [6.45, 7) is 1.00.